The first-order chi connectivity index (χ1) is 13.6. The van der Waals surface area contributed by atoms with Crippen LogP contribution in [0.15, 0.2) is 65.1 Å². The van der Waals surface area contributed by atoms with E-state index in [1.54, 1.807) is 22.4 Å². The van der Waals surface area contributed by atoms with Crippen LogP contribution in [0.2, 0.25) is 5.02 Å². The van der Waals surface area contributed by atoms with Crippen LogP contribution in [0.5, 0.6) is 5.75 Å². The first-order valence-electron chi connectivity index (χ1n) is 9.07. The molecule has 28 heavy (non-hydrogen) atoms. The zero-order valence-electron chi connectivity index (χ0n) is 15.1. The summed E-state index contributed by atoms with van der Waals surface area (Å²) in [6.45, 7) is 2.00. The third-order valence-corrected chi connectivity index (χ3v) is 6.27. The normalized spacial score (nSPS) is 20.2. The van der Waals surface area contributed by atoms with E-state index < -0.39 is 6.23 Å². The minimum Gasteiger partial charge on any atom is -0.461 e. The van der Waals surface area contributed by atoms with Crippen molar-refractivity contribution in [1.29, 1.82) is 0 Å². The summed E-state index contributed by atoms with van der Waals surface area (Å²) in [4.78, 5) is 14.4. The largest absolute Gasteiger partial charge is 0.461 e. The van der Waals surface area contributed by atoms with Gasteiger partial charge in [-0.15, -0.1) is 11.3 Å². The number of fused-ring (bicyclic) bond motifs is 3. The molecule has 1 aromatic heterocycles. The molecule has 0 saturated carbocycles. The molecule has 3 heterocycles. The molecule has 2 atom stereocenters. The average molecular weight is 409 g/mol. The minimum absolute atomic E-state index is 0.0704. The van der Waals surface area contributed by atoms with Crippen LogP contribution in [0, 0.1) is 6.92 Å². The van der Waals surface area contributed by atoms with Crippen molar-refractivity contribution in [1.82, 2.24) is 5.01 Å². The lowest BCUT2D eigenvalue weighted by molar-refractivity contribution is -0.00455. The number of hydrazone groups is 1. The molecule has 2 unspecified atom stereocenters. The van der Waals surface area contributed by atoms with Gasteiger partial charge in [-0.25, -0.2) is 5.01 Å². The van der Waals surface area contributed by atoms with Crippen molar-refractivity contribution in [2.45, 2.75) is 25.6 Å². The molecule has 0 saturated heterocycles. The van der Waals surface area contributed by atoms with Gasteiger partial charge in [0.25, 0.3) is 6.23 Å². The van der Waals surface area contributed by atoms with Crippen LogP contribution in [-0.4, -0.2) is 22.7 Å². The number of thiophene rings is 1. The molecule has 2 aromatic carbocycles. The molecule has 3 aromatic rings. The number of ether oxygens (including phenoxy) is 1. The van der Waals surface area contributed by atoms with E-state index in [9.17, 15) is 4.79 Å². The van der Waals surface area contributed by atoms with Gasteiger partial charge in [0.05, 0.1) is 16.6 Å². The lowest BCUT2D eigenvalue weighted by Crippen LogP contribution is -2.45. The second-order valence-corrected chi connectivity index (χ2v) is 8.39. The van der Waals surface area contributed by atoms with Crippen LogP contribution in [0.1, 0.15) is 38.8 Å². The van der Waals surface area contributed by atoms with Gasteiger partial charge in [-0.1, -0.05) is 47.5 Å². The van der Waals surface area contributed by atoms with Gasteiger partial charge in [-0.3, -0.25) is 4.79 Å². The maximum atomic E-state index is 13.3. The highest BCUT2D eigenvalue weighted by Gasteiger charge is 2.43. The number of nitrogens with zero attached hydrogens (tertiary/aromatic N) is 2. The van der Waals surface area contributed by atoms with Crippen molar-refractivity contribution in [3.8, 4) is 5.75 Å². The van der Waals surface area contributed by atoms with Crippen molar-refractivity contribution in [2.75, 3.05) is 0 Å². The van der Waals surface area contributed by atoms with E-state index in [4.69, 9.17) is 21.4 Å². The van der Waals surface area contributed by atoms with Crippen LogP contribution in [-0.2, 0) is 0 Å². The molecule has 0 fully saturated rings. The molecule has 0 bridgehead atoms. The number of halogens is 1. The van der Waals surface area contributed by atoms with E-state index in [0.717, 1.165) is 28.1 Å². The molecule has 140 valence electrons. The average Bonchev–Trinajstić information content (AvgIpc) is 3.37. The Morgan fingerprint density at radius 3 is 2.79 bits per heavy atom. The monoisotopic (exact) mass is 408 g/mol. The third kappa shape index (κ3) is 2.91. The standard InChI is InChI=1S/C22H17ClN2O2S/c1-13-4-6-14(7-5-13)21(26)22-25-18(12-17(24-25)20-3-2-10-28-20)16-11-15(23)8-9-19(16)27-22/h2-11,18,22H,12H2,1H3. The summed E-state index contributed by atoms with van der Waals surface area (Å²) in [5.74, 6) is 0.598. The first-order valence-corrected chi connectivity index (χ1v) is 10.3. The van der Waals surface area contributed by atoms with Crippen molar-refractivity contribution in [2.24, 2.45) is 5.10 Å². The Kier molecular flexibility index (Phi) is 4.22. The van der Waals surface area contributed by atoms with Gasteiger partial charge in [0, 0.05) is 22.6 Å². The van der Waals surface area contributed by atoms with E-state index in [1.807, 2.05) is 54.8 Å². The number of hydrogen-bond donors (Lipinski definition) is 0. The topological polar surface area (TPSA) is 41.9 Å². The van der Waals surface area contributed by atoms with Gasteiger partial charge in [-0.05, 0) is 36.6 Å². The lowest BCUT2D eigenvalue weighted by Gasteiger charge is -2.37. The number of Topliss-reactive ketones (excluding diaryl/α,β-unsaturated/α-hetero) is 1. The lowest BCUT2D eigenvalue weighted by atomic mass is 9.97. The Bertz CT molecular complexity index is 1080. The molecule has 6 heteroatoms. The van der Waals surface area contributed by atoms with Crippen molar-refractivity contribution in [3.63, 3.8) is 0 Å². The molecule has 0 amide bonds. The van der Waals surface area contributed by atoms with Crippen LogP contribution in [0.25, 0.3) is 0 Å². The molecule has 0 spiro atoms. The van der Waals surface area contributed by atoms with Gasteiger partial charge < -0.3 is 4.74 Å². The number of hydrogen-bond acceptors (Lipinski definition) is 5. The summed E-state index contributed by atoms with van der Waals surface area (Å²) in [5, 5.41) is 9.28. The van der Waals surface area contributed by atoms with E-state index >= 15 is 0 Å². The van der Waals surface area contributed by atoms with E-state index in [-0.39, 0.29) is 11.8 Å². The quantitative estimate of drug-likeness (QED) is 0.540. The minimum atomic E-state index is -0.793. The molecule has 0 radical (unpaired) electrons. The molecular weight excluding hydrogens is 392 g/mol. The molecule has 2 aliphatic rings. The summed E-state index contributed by atoms with van der Waals surface area (Å²) in [6, 6.07) is 17.1. The molecular formula is C22H17ClN2O2S. The number of carbonyl (C=O) groups is 1. The maximum absolute atomic E-state index is 13.3. The van der Waals surface area contributed by atoms with Crippen molar-refractivity contribution < 1.29 is 9.53 Å². The summed E-state index contributed by atoms with van der Waals surface area (Å²) in [6.07, 6.45) is -0.0756. The highest BCUT2D eigenvalue weighted by molar-refractivity contribution is 7.12. The third-order valence-electron chi connectivity index (χ3n) is 5.12. The predicted molar refractivity (Wildman–Crippen MR) is 111 cm³/mol. The zero-order valence-corrected chi connectivity index (χ0v) is 16.7. The van der Waals surface area contributed by atoms with Crippen LogP contribution >= 0.6 is 22.9 Å². The van der Waals surface area contributed by atoms with E-state index in [1.165, 1.54) is 0 Å². The molecule has 5 rings (SSSR count). The second kappa shape index (κ2) is 6.76. The fraction of sp³-hybridized carbons (Fsp3) is 0.182. The van der Waals surface area contributed by atoms with Crippen LogP contribution < -0.4 is 4.74 Å². The SMILES string of the molecule is Cc1ccc(C(=O)C2Oc3ccc(Cl)cc3C3CC(c4cccs4)=NN23)cc1. The molecule has 2 aliphatic heterocycles. The number of benzene rings is 2. The first kappa shape index (κ1) is 17.5. The molecule has 4 nitrogen and oxygen atoms in total. The predicted octanol–water partition coefficient (Wildman–Crippen LogP) is 5.46. The Hall–Kier alpha value is -2.63. The highest BCUT2D eigenvalue weighted by Crippen LogP contribution is 2.44. The Balaban J connectivity index is 1.57. The van der Waals surface area contributed by atoms with E-state index in [2.05, 4.69) is 6.07 Å². The summed E-state index contributed by atoms with van der Waals surface area (Å²) >= 11 is 7.88. The van der Waals surface area contributed by atoms with Gasteiger partial charge in [-0.2, -0.15) is 5.10 Å². The smallest absolute Gasteiger partial charge is 0.251 e. The fourth-order valence-electron chi connectivity index (χ4n) is 3.68. The second-order valence-electron chi connectivity index (χ2n) is 7.01. The maximum Gasteiger partial charge on any atom is 0.251 e. The van der Waals surface area contributed by atoms with Crippen LogP contribution in [0.3, 0.4) is 0 Å². The summed E-state index contributed by atoms with van der Waals surface area (Å²) in [7, 11) is 0. The number of rotatable bonds is 3. The summed E-state index contributed by atoms with van der Waals surface area (Å²) in [5.41, 5.74) is 3.67. The van der Waals surface area contributed by atoms with Gasteiger partial charge in [0.1, 0.15) is 5.75 Å². The molecule has 0 N–H and O–H groups in total. The Morgan fingerprint density at radius 1 is 1.21 bits per heavy atom. The number of ketones is 1. The van der Waals surface area contributed by atoms with E-state index in [0.29, 0.717) is 16.3 Å². The zero-order chi connectivity index (χ0) is 19.3. The van der Waals surface area contributed by atoms with Crippen LogP contribution in [0.4, 0.5) is 0 Å². The van der Waals surface area contributed by atoms with Crippen molar-refractivity contribution in [3.05, 3.63) is 86.6 Å². The van der Waals surface area contributed by atoms with Gasteiger partial charge in [0.15, 0.2) is 0 Å². The molecule has 0 aliphatic carbocycles. The van der Waals surface area contributed by atoms with Crippen molar-refractivity contribution >= 4 is 34.4 Å². The highest BCUT2D eigenvalue weighted by atomic mass is 35.5. The summed E-state index contributed by atoms with van der Waals surface area (Å²) < 4.78 is 6.13. The Labute approximate surface area is 172 Å². The van der Waals surface area contributed by atoms with Gasteiger partial charge in [0.2, 0.25) is 5.78 Å². The van der Waals surface area contributed by atoms with Gasteiger partial charge >= 0.3 is 0 Å². The number of aryl methyl sites for hydroxylation is 1. The Morgan fingerprint density at radius 2 is 2.04 bits per heavy atom. The number of carbonyl (C=O) groups excluding carboxylic acids is 1. The fourth-order valence-corrected chi connectivity index (χ4v) is 4.58.